The van der Waals surface area contributed by atoms with Gasteiger partial charge >= 0.3 is 0 Å². The summed E-state index contributed by atoms with van der Waals surface area (Å²) in [5.74, 6) is 0. The van der Waals surface area contributed by atoms with E-state index in [2.05, 4.69) is 42.1 Å². The first-order valence-corrected chi connectivity index (χ1v) is 6.11. The lowest BCUT2D eigenvalue weighted by Gasteiger charge is -2.14. The minimum Gasteiger partial charge on any atom is -0.347 e. The fourth-order valence-corrected chi connectivity index (χ4v) is 2.77. The van der Waals surface area contributed by atoms with E-state index < -0.39 is 0 Å². The monoisotopic (exact) mass is 214 g/mol. The van der Waals surface area contributed by atoms with E-state index in [9.17, 15) is 0 Å². The molecule has 2 aromatic rings. The number of rotatable bonds is 1. The number of fused-ring (bicyclic) bond motifs is 3. The maximum atomic E-state index is 3.46. The number of nitrogens with zero attached hydrogens (tertiary/aromatic N) is 1. The summed E-state index contributed by atoms with van der Waals surface area (Å²) in [6.07, 6.45) is 2.27. The Morgan fingerprint density at radius 1 is 1.38 bits per heavy atom. The molecule has 2 nitrogen and oxygen atoms in total. The Bertz CT molecular complexity index is 537. The Labute approximate surface area is 96.3 Å². The van der Waals surface area contributed by atoms with E-state index in [0.717, 1.165) is 25.9 Å². The Kier molecular flexibility index (Phi) is 2.25. The van der Waals surface area contributed by atoms with Crippen molar-refractivity contribution in [2.75, 3.05) is 6.54 Å². The fourth-order valence-electron chi connectivity index (χ4n) is 2.77. The highest BCUT2D eigenvalue weighted by molar-refractivity contribution is 5.86. The van der Waals surface area contributed by atoms with Gasteiger partial charge in [0.25, 0.3) is 0 Å². The Morgan fingerprint density at radius 2 is 2.25 bits per heavy atom. The molecule has 0 radical (unpaired) electrons. The van der Waals surface area contributed by atoms with Crippen LogP contribution in [-0.2, 0) is 26.4 Å². The highest BCUT2D eigenvalue weighted by Crippen LogP contribution is 2.28. The zero-order valence-electron chi connectivity index (χ0n) is 10.0. The van der Waals surface area contributed by atoms with Crippen LogP contribution in [0.1, 0.15) is 23.7 Å². The maximum Gasteiger partial charge on any atom is 0.0486 e. The minimum absolute atomic E-state index is 1.03. The third-order valence-corrected chi connectivity index (χ3v) is 3.75. The van der Waals surface area contributed by atoms with E-state index in [4.69, 9.17) is 0 Å². The molecule has 0 atom stereocenters. The third kappa shape index (κ3) is 1.30. The number of aryl methyl sites for hydroxylation is 2. The molecule has 3 rings (SSSR count). The van der Waals surface area contributed by atoms with Crippen molar-refractivity contribution in [2.45, 2.75) is 26.3 Å². The largest absolute Gasteiger partial charge is 0.347 e. The van der Waals surface area contributed by atoms with Gasteiger partial charge < -0.3 is 9.88 Å². The van der Waals surface area contributed by atoms with Gasteiger partial charge in [-0.2, -0.15) is 0 Å². The quantitative estimate of drug-likeness (QED) is 0.771. The lowest BCUT2D eigenvalue weighted by atomic mass is 10.0. The standard InChI is InChI=1S/C14H18N2/c1-3-10-4-5-11-12-9-15-7-6-13(12)16(2)14(11)8-10/h4-5,8,15H,3,6-7,9H2,1-2H3. The predicted octanol–water partition coefficient (Wildman–Crippen LogP) is 2.39. The first kappa shape index (κ1) is 9.91. The molecule has 16 heavy (non-hydrogen) atoms. The van der Waals surface area contributed by atoms with Crippen molar-refractivity contribution in [1.82, 2.24) is 9.88 Å². The van der Waals surface area contributed by atoms with Gasteiger partial charge in [0, 0.05) is 43.2 Å². The molecule has 84 valence electrons. The van der Waals surface area contributed by atoms with Crippen LogP contribution >= 0.6 is 0 Å². The second kappa shape index (κ2) is 3.63. The Balaban J connectivity index is 2.30. The molecule has 1 aliphatic rings. The van der Waals surface area contributed by atoms with E-state index >= 15 is 0 Å². The molecule has 2 heterocycles. The summed E-state index contributed by atoms with van der Waals surface area (Å²) in [5, 5.41) is 4.89. The molecule has 0 spiro atoms. The van der Waals surface area contributed by atoms with Gasteiger partial charge in [0.05, 0.1) is 0 Å². The van der Waals surface area contributed by atoms with E-state index in [1.165, 1.54) is 27.7 Å². The molecule has 0 saturated heterocycles. The van der Waals surface area contributed by atoms with Crippen molar-refractivity contribution in [1.29, 1.82) is 0 Å². The molecule has 1 aromatic heterocycles. The smallest absolute Gasteiger partial charge is 0.0486 e. The van der Waals surface area contributed by atoms with Crippen molar-refractivity contribution in [3.8, 4) is 0 Å². The first-order valence-electron chi connectivity index (χ1n) is 6.11. The summed E-state index contributed by atoms with van der Waals surface area (Å²) < 4.78 is 2.38. The molecule has 0 amide bonds. The number of hydrogen-bond donors (Lipinski definition) is 1. The third-order valence-electron chi connectivity index (χ3n) is 3.75. The van der Waals surface area contributed by atoms with Crippen LogP contribution in [0.2, 0.25) is 0 Å². The normalized spacial score (nSPS) is 15.4. The van der Waals surface area contributed by atoms with Crippen molar-refractivity contribution < 1.29 is 0 Å². The van der Waals surface area contributed by atoms with Crippen LogP contribution in [0, 0.1) is 0 Å². The summed E-state index contributed by atoms with van der Waals surface area (Å²) in [6, 6.07) is 6.89. The van der Waals surface area contributed by atoms with E-state index in [0.29, 0.717) is 0 Å². The SMILES string of the molecule is CCc1ccc2c3c(n(C)c2c1)CCNC3. The zero-order chi connectivity index (χ0) is 11.1. The molecule has 1 aliphatic heterocycles. The number of hydrogen-bond acceptors (Lipinski definition) is 1. The fraction of sp³-hybridized carbons (Fsp3) is 0.429. The van der Waals surface area contributed by atoms with Crippen LogP contribution in [0.4, 0.5) is 0 Å². The lowest BCUT2D eigenvalue weighted by Crippen LogP contribution is -2.24. The molecule has 0 unspecified atom stereocenters. The van der Waals surface area contributed by atoms with Gasteiger partial charge in [-0.1, -0.05) is 19.1 Å². The topological polar surface area (TPSA) is 17.0 Å². The minimum atomic E-state index is 1.03. The van der Waals surface area contributed by atoms with Gasteiger partial charge in [-0.05, 0) is 23.6 Å². The molecular formula is C14H18N2. The van der Waals surface area contributed by atoms with Crippen molar-refractivity contribution in [3.63, 3.8) is 0 Å². The second-order valence-electron chi connectivity index (χ2n) is 4.62. The second-order valence-corrected chi connectivity index (χ2v) is 4.62. The van der Waals surface area contributed by atoms with Crippen LogP contribution in [0.25, 0.3) is 10.9 Å². The molecule has 2 heteroatoms. The first-order chi connectivity index (χ1) is 7.81. The maximum absolute atomic E-state index is 3.46. The average Bonchev–Trinajstić information content (AvgIpc) is 2.64. The molecular weight excluding hydrogens is 196 g/mol. The molecule has 0 fully saturated rings. The summed E-state index contributed by atoms with van der Waals surface area (Å²) >= 11 is 0. The molecule has 0 aliphatic carbocycles. The highest BCUT2D eigenvalue weighted by atomic mass is 15.0. The van der Waals surface area contributed by atoms with Gasteiger partial charge in [0.1, 0.15) is 0 Å². The van der Waals surface area contributed by atoms with Crippen LogP contribution in [0.15, 0.2) is 18.2 Å². The molecule has 0 bridgehead atoms. The van der Waals surface area contributed by atoms with Gasteiger partial charge in [-0.15, -0.1) is 0 Å². The Morgan fingerprint density at radius 3 is 3.06 bits per heavy atom. The summed E-state index contributed by atoms with van der Waals surface area (Å²) in [4.78, 5) is 0. The van der Waals surface area contributed by atoms with E-state index in [1.807, 2.05) is 0 Å². The van der Waals surface area contributed by atoms with E-state index in [-0.39, 0.29) is 0 Å². The summed E-state index contributed by atoms with van der Waals surface area (Å²) in [7, 11) is 2.20. The summed E-state index contributed by atoms with van der Waals surface area (Å²) in [5.41, 5.74) is 5.85. The van der Waals surface area contributed by atoms with Crippen molar-refractivity contribution in [2.24, 2.45) is 7.05 Å². The Hall–Kier alpha value is -1.28. The van der Waals surface area contributed by atoms with Crippen LogP contribution < -0.4 is 5.32 Å². The zero-order valence-corrected chi connectivity index (χ0v) is 10.0. The van der Waals surface area contributed by atoms with Gasteiger partial charge in [-0.3, -0.25) is 0 Å². The van der Waals surface area contributed by atoms with Crippen LogP contribution in [-0.4, -0.2) is 11.1 Å². The lowest BCUT2D eigenvalue weighted by molar-refractivity contribution is 0.622. The van der Waals surface area contributed by atoms with E-state index in [1.54, 1.807) is 0 Å². The van der Waals surface area contributed by atoms with Crippen molar-refractivity contribution >= 4 is 10.9 Å². The van der Waals surface area contributed by atoms with Crippen LogP contribution in [0.5, 0.6) is 0 Å². The molecule has 1 aromatic carbocycles. The van der Waals surface area contributed by atoms with Gasteiger partial charge in [-0.25, -0.2) is 0 Å². The van der Waals surface area contributed by atoms with Crippen LogP contribution in [0.3, 0.4) is 0 Å². The number of nitrogens with one attached hydrogen (secondary N) is 1. The average molecular weight is 214 g/mol. The predicted molar refractivity (Wildman–Crippen MR) is 67.7 cm³/mol. The van der Waals surface area contributed by atoms with Gasteiger partial charge in [0.2, 0.25) is 0 Å². The highest BCUT2D eigenvalue weighted by Gasteiger charge is 2.17. The number of aromatic nitrogens is 1. The van der Waals surface area contributed by atoms with Crippen molar-refractivity contribution in [3.05, 3.63) is 35.0 Å². The molecule has 0 saturated carbocycles. The number of benzene rings is 1. The van der Waals surface area contributed by atoms with Gasteiger partial charge in [0.15, 0.2) is 0 Å². The molecule has 1 N–H and O–H groups in total. The summed E-state index contributed by atoms with van der Waals surface area (Å²) in [6.45, 7) is 4.35.